The van der Waals surface area contributed by atoms with Crippen LogP contribution in [0, 0.1) is 12.7 Å². The molecule has 1 nitrogen and oxygen atoms in total. The van der Waals surface area contributed by atoms with Gasteiger partial charge in [-0.3, -0.25) is 0 Å². The molecule has 0 aliphatic heterocycles. The van der Waals surface area contributed by atoms with Crippen molar-refractivity contribution in [2.45, 2.75) is 19.9 Å². The lowest BCUT2D eigenvalue weighted by atomic mass is 10.1. The molecule has 2 heteroatoms. The topological polar surface area (TPSA) is 12.0 Å². The summed E-state index contributed by atoms with van der Waals surface area (Å²) in [6.45, 7) is 4.58. The van der Waals surface area contributed by atoms with Crippen molar-refractivity contribution < 1.29 is 4.39 Å². The molecule has 20 heavy (non-hydrogen) atoms. The third-order valence-corrected chi connectivity index (χ3v) is 3.35. The largest absolute Gasteiger partial charge is 0.307 e. The molecular weight excluding hydrogens is 249 g/mol. The van der Waals surface area contributed by atoms with Gasteiger partial charge in [0, 0.05) is 12.6 Å². The third-order valence-electron chi connectivity index (χ3n) is 3.35. The first kappa shape index (κ1) is 14.5. The fourth-order valence-corrected chi connectivity index (χ4v) is 2.00. The third kappa shape index (κ3) is 4.04. The van der Waals surface area contributed by atoms with E-state index in [1.54, 1.807) is 13.0 Å². The van der Waals surface area contributed by atoms with Crippen molar-refractivity contribution in [3.8, 4) is 0 Å². The molecule has 0 aliphatic rings. The molecule has 0 radical (unpaired) electrons. The summed E-state index contributed by atoms with van der Waals surface area (Å²) >= 11 is 0. The molecule has 2 aromatic rings. The Bertz CT molecular complexity index is 575. The van der Waals surface area contributed by atoms with Gasteiger partial charge in [0.2, 0.25) is 0 Å². The molecule has 1 N–H and O–H groups in total. The van der Waals surface area contributed by atoms with Gasteiger partial charge in [0.05, 0.1) is 0 Å². The van der Waals surface area contributed by atoms with Crippen molar-refractivity contribution in [3.63, 3.8) is 0 Å². The number of hydrogen-bond donors (Lipinski definition) is 1. The van der Waals surface area contributed by atoms with E-state index in [9.17, 15) is 4.39 Å². The van der Waals surface area contributed by atoms with Crippen molar-refractivity contribution in [1.29, 1.82) is 0 Å². The lowest BCUT2D eigenvalue weighted by Crippen LogP contribution is -2.18. The SMILES string of the molecule is Cc1ccc(C(C)NC/C=C/c2ccccc2)cc1F. The van der Waals surface area contributed by atoms with Gasteiger partial charge in [0.15, 0.2) is 0 Å². The molecule has 0 aliphatic carbocycles. The molecular formula is C18H20FN. The van der Waals surface area contributed by atoms with Crippen LogP contribution in [-0.4, -0.2) is 6.54 Å². The summed E-state index contributed by atoms with van der Waals surface area (Å²) in [5.74, 6) is -0.143. The minimum Gasteiger partial charge on any atom is -0.307 e. The van der Waals surface area contributed by atoms with Crippen LogP contribution in [0.3, 0.4) is 0 Å². The number of halogens is 1. The Balaban J connectivity index is 1.87. The molecule has 104 valence electrons. The predicted molar refractivity (Wildman–Crippen MR) is 83.0 cm³/mol. The number of aryl methyl sites for hydroxylation is 1. The van der Waals surface area contributed by atoms with Gasteiger partial charge < -0.3 is 5.32 Å². The van der Waals surface area contributed by atoms with Crippen LogP contribution in [0.2, 0.25) is 0 Å². The molecule has 0 amide bonds. The molecule has 0 fully saturated rings. The van der Waals surface area contributed by atoms with Crippen molar-refractivity contribution in [1.82, 2.24) is 5.32 Å². The second-order valence-electron chi connectivity index (χ2n) is 4.95. The lowest BCUT2D eigenvalue weighted by Gasteiger charge is -2.13. The van der Waals surface area contributed by atoms with E-state index in [4.69, 9.17) is 0 Å². The second kappa shape index (κ2) is 7.01. The van der Waals surface area contributed by atoms with E-state index in [1.807, 2.05) is 37.3 Å². The Morgan fingerprint density at radius 2 is 1.90 bits per heavy atom. The summed E-state index contributed by atoms with van der Waals surface area (Å²) in [6.07, 6.45) is 4.16. The Kier molecular flexibility index (Phi) is 5.08. The highest BCUT2D eigenvalue weighted by atomic mass is 19.1. The molecule has 2 aromatic carbocycles. The van der Waals surface area contributed by atoms with E-state index in [2.05, 4.69) is 29.6 Å². The molecule has 0 saturated carbocycles. The second-order valence-corrected chi connectivity index (χ2v) is 4.95. The van der Waals surface area contributed by atoms with E-state index < -0.39 is 0 Å². The normalized spacial score (nSPS) is 12.8. The fraction of sp³-hybridized carbons (Fsp3) is 0.222. The maximum Gasteiger partial charge on any atom is 0.126 e. The zero-order chi connectivity index (χ0) is 14.4. The Hall–Kier alpha value is -1.93. The van der Waals surface area contributed by atoms with E-state index in [-0.39, 0.29) is 11.9 Å². The van der Waals surface area contributed by atoms with Crippen molar-refractivity contribution in [2.24, 2.45) is 0 Å². The number of rotatable bonds is 5. The van der Waals surface area contributed by atoms with Crippen LogP contribution in [0.25, 0.3) is 6.08 Å². The van der Waals surface area contributed by atoms with E-state index >= 15 is 0 Å². The fourth-order valence-electron chi connectivity index (χ4n) is 2.00. The van der Waals surface area contributed by atoms with Crippen molar-refractivity contribution >= 4 is 6.08 Å². The van der Waals surface area contributed by atoms with Gasteiger partial charge in [0.25, 0.3) is 0 Å². The molecule has 0 bridgehead atoms. The van der Waals surface area contributed by atoms with Gasteiger partial charge in [-0.25, -0.2) is 4.39 Å². The van der Waals surface area contributed by atoms with Gasteiger partial charge in [-0.2, -0.15) is 0 Å². The van der Waals surface area contributed by atoms with E-state index in [0.717, 1.165) is 12.1 Å². The summed E-state index contributed by atoms with van der Waals surface area (Å²) in [4.78, 5) is 0. The summed E-state index contributed by atoms with van der Waals surface area (Å²) < 4.78 is 13.5. The van der Waals surface area contributed by atoms with E-state index in [1.165, 1.54) is 5.56 Å². The standard InChI is InChI=1S/C18H20FN/c1-14-10-11-17(13-18(14)19)15(2)20-12-6-9-16-7-4-3-5-8-16/h3-11,13,15,20H,12H2,1-2H3/b9-6+. The van der Waals surface area contributed by atoms with Crippen LogP contribution in [0.5, 0.6) is 0 Å². The Morgan fingerprint density at radius 3 is 2.60 bits per heavy atom. The van der Waals surface area contributed by atoms with Crippen LogP contribution in [0.15, 0.2) is 54.6 Å². The highest BCUT2D eigenvalue weighted by molar-refractivity contribution is 5.48. The molecule has 0 spiro atoms. The van der Waals surface area contributed by atoms with Crippen LogP contribution < -0.4 is 5.32 Å². The summed E-state index contributed by atoms with van der Waals surface area (Å²) in [5.41, 5.74) is 2.84. The number of hydrogen-bond acceptors (Lipinski definition) is 1. The summed E-state index contributed by atoms with van der Waals surface area (Å²) in [6, 6.07) is 15.7. The van der Waals surface area contributed by atoms with Gasteiger partial charge in [-0.05, 0) is 36.6 Å². The minimum atomic E-state index is -0.143. The highest BCUT2D eigenvalue weighted by Crippen LogP contribution is 2.16. The maximum absolute atomic E-state index is 13.5. The monoisotopic (exact) mass is 269 g/mol. The van der Waals surface area contributed by atoms with Crippen LogP contribution >= 0.6 is 0 Å². The first-order valence-electron chi connectivity index (χ1n) is 6.88. The average Bonchev–Trinajstić information content (AvgIpc) is 2.47. The molecule has 1 unspecified atom stereocenters. The molecule has 0 saturated heterocycles. The quantitative estimate of drug-likeness (QED) is 0.842. The van der Waals surface area contributed by atoms with Crippen LogP contribution in [0.4, 0.5) is 4.39 Å². The predicted octanol–water partition coefficient (Wildman–Crippen LogP) is 4.50. The zero-order valence-electron chi connectivity index (χ0n) is 11.9. The van der Waals surface area contributed by atoms with Gasteiger partial charge >= 0.3 is 0 Å². The molecule has 0 heterocycles. The van der Waals surface area contributed by atoms with Gasteiger partial charge in [-0.15, -0.1) is 0 Å². The number of benzene rings is 2. The van der Waals surface area contributed by atoms with Crippen LogP contribution in [-0.2, 0) is 0 Å². The minimum absolute atomic E-state index is 0.130. The molecule has 2 rings (SSSR count). The summed E-state index contributed by atoms with van der Waals surface area (Å²) in [5, 5.41) is 3.36. The maximum atomic E-state index is 13.5. The average molecular weight is 269 g/mol. The lowest BCUT2D eigenvalue weighted by molar-refractivity contribution is 0.590. The van der Waals surface area contributed by atoms with Crippen molar-refractivity contribution in [2.75, 3.05) is 6.54 Å². The zero-order valence-corrected chi connectivity index (χ0v) is 11.9. The van der Waals surface area contributed by atoms with Crippen molar-refractivity contribution in [3.05, 3.63) is 77.1 Å². The first-order valence-corrected chi connectivity index (χ1v) is 6.88. The highest BCUT2D eigenvalue weighted by Gasteiger charge is 2.06. The number of nitrogens with one attached hydrogen (secondary N) is 1. The van der Waals surface area contributed by atoms with Crippen LogP contribution in [0.1, 0.15) is 29.7 Å². The Morgan fingerprint density at radius 1 is 1.15 bits per heavy atom. The van der Waals surface area contributed by atoms with Gasteiger partial charge in [-0.1, -0.05) is 54.6 Å². The summed E-state index contributed by atoms with van der Waals surface area (Å²) in [7, 11) is 0. The first-order chi connectivity index (χ1) is 9.66. The molecule has 0 aromatic heterocycles. The molecule has 1 atom stereocenters. The van der Waals surface area contributed by atoms with E-state index in [0.29, 0.717) is 5.56 Å². The van der Waals surface area contributed by atoms with Gasteiger partial charge in [0.1, 0.15) is 5.82 Å². The Labute approximate surface area is 120 Å². The smallest absolute Gasteiger partial charge is 0.126 e.